The van der Waals surface area contributed by atoms with Crippen molar-refractivity contribution in [1.82, 2.24) is 5.32 Å². The van der Waals surface area contributed by atoms with E-state index in [0.29, 0.717) is 23.8 Å². The van der Waals surface area contributed by atoms with Gasteiger partial charge >= 0.3 is 0 Å². The van der Waals surface area contributed by atoms with E-state index in [1.54, 1.807) is 20.3 Å². The first-order valence-corrected chi connectivity index (χ1v) is 7.64. The summed E-state index contributed by atoms with van der Waals surface area (Å²) in [7, 11) is 3.21. The summed E-state index contributed by atoms with van der Waals surface area (Å²) < 4.78 is 10.5. The van der Waals surface area contributed by atoms with E-state index < -0.39 is 0 Å². The van der Waals surface area contributed by atoms with Crippen LogP contribution in [0.25, 0.3) is 0 Å². The Kier molecular flexibility index (Phi) is 5.63. The van der Waals surface area contributed by atoms with Gasteiger partial charge in [0.15, 0.2) is 0 Å². The number of hydrogen-bond donors (Lipinski definition) is 1. The highest BCUT2D eigenvalue weighted by Crippen LogP contribution is 2.24. The molecule has 0 saturated heterocycles. The molecule has 0 aliphatic rings. The molecule has 0 aromatic heterocycles. The normalized spacial score (nSPS) is 10.5. The van der Waals surface area contributed by atoms with Gasteiger partial charge in [0.25, 0.3) is 5.91 Å². The molecule has 1 N–H and O–H groups in total. The van der Waals surface area contributed by atoms with Crippen molar-refractivity contribution in [3.8, 4) is 11.5 Å². The maximum absolute atomic E-state index is 12.2. The molecule has 0 aliphatic heterocycles. The van der Waals surface area contributed by atoms with Crippen LogP contribution in [-0.4, -0.2) is 20.1 Å². The lowest BCUT2D eigenvalue weighted by molar-refractivity contribution is 0.0950. The molecular formula is C19H23NO3. The van der Waals surface area contributed by atoms with Crippen LogP contribution in [0.2, 0.25) is 0 Å². The molecule has 23 heavy (non-hydrogen) atoms. The summed E-state index contributed by atoms with van der Waals surface area (Å²) in [6.07, 6.45) is 0. The second-order valence-electron chi connectivity index (χ2n) is 5.64. The Morgan fingerprint density at radius 1 is 1.04 bits per heavy atom. The van der Waals surface area contributed by atoms with E-state index in [0.717, 1.165) is 11.3 Å². The van der Waals surface area contributed by atoms with Crippen molar-refractivity contribution in [2.45, 2.75) is 26.3 Å². The molecule has 0 spiro atoms. The number of rotatable bonds is 6. The van der Waals surface area contributed by atoms with E-state index in [-0.39, 0.29) is 5.91 Å². The van der Waals surface area contributed by atoms with Gasteiger partial charge in [0, 0.05) is 23.7 Å². The molecule has 4 heteroatoms. The van der Waals surface area contributed by atoms with Crippen molar-refractivity contribution in [2.24, 2.45) is 0 Å². The average molecular weight is 313 g/mol. The lowest BCUT2D eigenvalue weighted by Gasteiger charge is -2.12. The van der Waals surface area contributed by atoms with Crippen LogP contribution in [0.15, 0.2) is 42.5 Å². The SMILES string of the molecule is COc1ccc(CNC(=O)c2ccc(C(C)C)cc2)c(OC)c1. The molecule has 0 unspecified atom stereocenters. The summed E-state index contributed by atoms with van der Waals surface area (Å²) in [6, 6.07) is 13.2. The molecule has 4 nitrogen and oxygen atoms in total. The third-order valence-corrected chi connectivity index (χ3v) is 3.77. The highest BCUT2D eigenvalue weighted by molar-refractivity contribution is 5.94. The summed E-state index contributed by atoms with van der Waals surface area (Å²) in [4.78, 5) is 12.2. The summed E-state index contributed by atoms with van der Waals surface area (Å²) in [5.74, 6) is 1.77. The van der Waals surface area contributed by atoms with E-state index in [1.165, 1.54) is 5.56 Å². The lowest BCUT2D eigenvalue weighted by Crippen LogP contribution is -2.23. The molecule has 0 radical (unpaired) electrons. The molecule has 0 heterocycles. The van der Waals surface area contributed by atoms with Gasteiger partial charge in [0.05, 0.1) is 14.2 Å². The van der Waals surface area contributed by atoms with Crippen LogP contribution < -0.4 is 14.8 Å². The molecule has 1 amide bonds. The molecule has 0 atom stereocenters. The largest absolute Gasteiger partial charge is 0.497 e. The van der Waals surface area contributed by atoms with E-state index in [4.69, 9.17) is 9.47 Å². The zero-order valence-corrected chi connectivity index (χ0v) is 14.1. The Morgan fingerprint density at radius 2 is 1.74 bits per heavy atom. The van der Waals surface area contributed by atoms with Gasteiger partial charge in [-0.05, 0) is 35.7 Å². The number of ether oxygens (including phenoxy) is 2. The molecule has 0 saturated carbocycles. The zero-order valence-electron chi connectivity index (χ0n) is 14.1. The molecule has 0 fully saturated rings. The summed E-state index contributed by atoms with van der Waals surface area (Å²) in [5, 5.41) is 2.92. The summed E-state index contributed by atoms with van der Waals surface area (Å²) in [5.41, 5.74) is 2.78. The number of nitrogens with one attached hydrogen (secondary N) is 1. The van der Waals surface area contributed by atoms with Gasteiger partial charge in [-0.25, -0.2) is 0 Å². The predicted molar refractivity (Wildman–Crippen MR) is 91.2 cm³/mol. The van der Waals surface area contributed by atoms with Crippen LogP contribution in [0.1, 0.15) is 41.3 Å². The van der Waals surface area contributed by atoms with Gasteiger partial charge < -0.3 is 14.8 Å². The highest BCUT2D eigenvalue weighted by Gasteiger charge is 2.09. The maximum atomic E-state index is 12.2. The van der Waals surface area contributed by atoms with Crippen molar-refractivity contribution >= 4 is 5.91 Å². The number of carbonyl (C=O) groups is 1. The number of methoxy groups -OCH3 is 2. The first-order valence-electron chi connectivity index (χ1n) is 7.64. The van der Waals surface area contributed by atoms with Gasteiger partial charge in [0.2, 0.25) is 0 Å². The van der Waals surface area contributed by atoms with Crippen molar-refractivity contribution in [3.05, 3.63) is 59.2 Å². The molecule has 0 bridgehead atoms. The molecular weight excluding hydrogens is 290 g/mol. The van der Waals surface area contributed by atoms with Crippen molar-refractivity contribution in [2.75, 3.05) is 14.2 Å². The molecule has 122 valence electrons. The fourth-order valence-electron chi connectivity index (χ4n) is 2.29. The first-order chi connectivity index (χ1) is 11.0. The zero-order chi connectivity index (χ0) is 16.8. The van der Waals surface area contributed by atoms with Gasteiger partial charge in [-0.3, -0.25) is 4.79 Å². The Hall–Kier alpha value is -2.49. The van der Waals surface area contributed by atoms with E-state index in [9.17, 15) is 4.79 Å². The van der Waals surface area contributed by atoms with Crippen LogP contribution >= 0.6 is 0 Å². The second-order valence-corrected chi connectivity index (χ2v) is 5.64. The van der Waals surface area contributed by atoms with Gasteiger partial charge in [-0.15, -0.1) is 0 Å². The Morgan fingerprint density at radius 3 is 2.30 bits per heavy atom. The Bertz CT molecular complexity index is 663. The van der Waals surface area contributed by atoms with Crippen molar-refractivity contribution < 1.29 is 14.3 Å². The molecule has 2 aromatic rings. The van der Waals surface area contributed by atoms with E-state index >= 15 is 0 Å². The summed E-state index contributed by atoms with van der Waals surface area (Å²) in [6.45, 7) is 4.66. The lowest BCUT2D eigenvalue weighted by atomic mass is 10.0. The third kappa shape index (κ3) is 4.25. The van der Waals surface area contributed by atoms with Crippen molar-refractivity contribution in [3.63, 3.8) is 0 Å². The standard InChI is InChI=1S/C19H23NO3/c1-13(2)14-5-7-15(8-6-14)19(21)20-12-16-9-10-17(22-3)11-18(16)23-4/h5-11,13H,12H2,1-4H3,(H,20,21). The van der Waals surface area contributed by atoms with Crippen molar-refractivity contribution in [1.29, 1.82) is 0 Å². The number of amides is 1. The minimum absolute atomic E-state index is 0.0989. The van der Waals surface area contributed by atoms with Crippen LogP contribution in [-0.2, 0) is 6.54 Å². The van der Waals surface area contributed by atoms with Crippen LogP contribution in [0.5, 0.6) is 11.5 Å². The van der Waals surface area contributed by atoms with Crippen LogP contribution in [0.4, 0.5) is 0 Å². The Balaban J connectivity index is 2.04. The average Bonchev–Trinajstić information content (AvgIpc) is 2.59. The maximum Gasteiger partial charge on any atom is 0.251 e. The highest BCUT2D eigenvalue weighted by atomic mass is 16.5. The fourth-order valence-corrected chi connectivity index (χ4v) is 2.29. The quantitative estimate of drug-likeness (QED) is 0.883. The second kappa shape index (κ2) is 7.68. The van der Waals surface area contributed by atoms with E-state index in [1.807, 2.05) is 36.4 Å². The van der Waals surface area contributed by atoms with Gasteiger partial charge in [-0.1, -0.05) is 26.0 Å². The summed E-state index contributed by atoms with van der Waals surface area (Å²) >= 11 is 0. The third-order valence-electron chi connectivity index (χ3n) is 3.77. The molecule has 2 aromatic carbocycles. The fraction of sp³-hybridized carbons (Fsp3) is 0.316. The number of benzene rings is 2. The Labute approximate surface area is 137 Å². The minimum atomic E-state index is -0.0989. The first kappa shape index (κ1) is 16.9. The molecule has 2 rings (SSSR count). The van der Waals surface area contributed by atoms with Crippen LogP contribution in [0.3, 0.4) is 0 Å². The van der Waals surface area contributed by atoms with Crippen LogP contribution in [0, 0.1) is 0 Å². The smallest absolute Gasteiger partial charge is 0.251 e. The minimum Gasteiger partial charge on any atom is -0.497 e. The van der Waals surface area contributed by atoms with Gasteiger partial charge in [-0.2, -0.15) is 0 Å². The number of hydrogen-bond acceptors (Lipinski definition) is 3. The van der Waals surface area contributed by atoms with Gasteiger partial charge in [0.1, 0.15) is 11.5 Å². The monoisotopic (exact) mass is 313 g/mol. The number of carbonyl (C=O) groups excluding carboxylic acids is 1. The van der Waals surface area contributed by atoms with E-state index in [2.05, 4.69) is 19.2 Å². The predicted octanol–water partition coefficient (Wildman–Crippen LogP) is 3.76. The molecule has 0 aliphatic carbocycles. The topological polar surface area (TPSA) is 47.6 Å².